The number of hydrogen-bond donors (Lipinski definition) is 1. The third-order valence-corrected chi connectivity index (χ3v) is 3.00. The van der Waals surface area contributed by atoms with Crippen LogP contribution in [0.3, 0.4) is 0 Å². The highest BCUT2D eigenvalue weighted by Crippen LogP contribution is 2.24. The Kier molecular flexibility index (Phi) is 6.07. The number of halogens is 1. The average Bonchev–Trinajstić information content (AvgIpc) is 2.30. The Morgan fingerprint density at radius 2 is 2.35 bits per heavy atom. The molecule has 1 aromatic heterocycles. The lowest BCUT2D eigenvalue weighted by Crippen LogP contribution is -2.06. The summed E-state index contributed by atoms with van der Waals surface area (Å²) in [6.07, 6.45) is 5.50. The molecule has 0 aromatic carbocycles. The molecule has 1 N–H and O–H groups in total. The minimum atomic E-state index is -0.483. The standard InChI is InChI=1S/C10H14ClN3O2S/c1-17-5-3-2-4-12-10-9(14(15)16)6-8(11)7-13-10/h6-7H,2-5H2,1H3,(H,12,13). The fourth-order valence-electron chi connectivity index (χ4n) is 1.28. The molecular formula is C10H14ClN3O2S. The van der Waals surface area contributed by atoms with E-state index in [4.69, 9.17) is 11.6 Å². The predicted octanol–water partition coefficient (Wildman–Crippen LogP) is 3.20. The van der Waals surface area contributed by atoms with E-state index in [2.05, 4.69) is 16.6 Å². The fraction of sp³-hybridized carbons (Fsp3) is 0.500. The van der Waals surface area contributed by atoms with E-state index in [1.807, 2.05) is 0 Å². The predicted molar refractivity (Wildman–Crippen MR) is 72.0 cm³/mol. The van der Waals surface area contributed by atoms with Gasteiger partial charge in [-0.25, -0.2) is 4.98 Å². The first-order valence-electron chi connectivity index (χ1n) is 5.18. The van der Waals surface area contributed by atoms with E-state index in [1.165, 1.54) is 12.3 Å². The summed E-state index contributed by atoms with van der Waals surface area (Å²) in [5.41, 5.74) is -0.0811. The Morgan fingerprint density at radius 3 is 3.00 bits per heavy atom. The number of nitro groups is 1. The zero-order chi connectivity index (χ0) is 12.7. The zero-order valence-corrected chi connectivity index (χ0v) is 11.1. The number of rotatable bonds is 7. The topological polar surface area (TPSA) is 68.1 Å². The quantitative estimate of drug-likeness (QED) is 0.470. The molecule has 0 aliphatic heterocycles. The first-order valence-corrected chi connectivity index (χ1v) is 6.95. The Labute approximate surface area is 109 Å². The molecule has 0 spiro atoms. The maximum atomic E-state index is 10.8. The molecule has 0 bridgehead atoms. The molecule has 94 valence electrons. The van der Waals surface area contributed by atoms with Gasteiger partial charge >= 0.3 is 5.69 Å². The van der Waals surface area contributed by atoms with E-state index in [0.717, 1.165) is 18.6 Å². The van der Waals surface area contributed by atoms with Crippen LogP contribution in [0.5, 0.6) is 0 Å². The van der Waals surface area contributed by atoms with Gasteiger partial charge in [0.1, 0.15) is 0 Å². The summed E-state index contributed by atoms with van der Waals surface area (Å²) >= 11 is 7.45. The van der Waals surface area contributed by atoms with E-state index >= 15 is 0 Å². The number of thioether (sulfide) groups is 1. The van der Waals surface area contributed by atoms with Gasteiger partial charge in [-0.15, -0.1) is 0 Å². The smallest absolute Gasteiger partial charge is 0.312 e. The van der Waals surface area contributed by atoms with Crippen LogP contribution in [0.15, 0.2) is 12.3 Å². The molecule has 0 amide bonds. The Balaban J connectivity index is 2.55. The second-order valence-corrected chi connectivity index (χ2v) is 4.83. The largest absolute Gasteiger partial charge is 0.364 e. The minimum absolute atomic E-state index is 0.0811. The van der Waals surface area contributed by atoms with Crippen LogP contribution in [0.1, 0.15) is 12.8 Å². The third-order valence-electron chi connectivity index (χ3n) is 2.10. The molecule has 1 aromatic rings. The van der Waals surface area contributed by atoms with Crippen molar-refractivity contribution >= 4 is 34.9 Å². The summed E-state index contributed by atoms with van der Waals surface area (Å²) in [7, 11) is 0. The van der Waals surface area contributed by atoms with Crippen molar-refractivity contribution in [1.29, 1.82) is 0 Å². The Hall–Kier alpha value is -1.01. The molecule has 0 aliphatic rings. The van der Waals surface area contributed by atoms with Crippen LogP contribution in [0, 0.1) is 10.1 Å². The second-order valence-electron chi connectivity index (χ2n) is 3.41. The number of pyridine rings is 1. The van der Waals surface area contributed by atoms with E-state index < -0.39 is 4.92 Å². The van der Waals surface area contributed by atoms with Crippen molar-refractivity contribution in [2.75, 3.05) is 23.9 Å². The highest BCUT2D eigenvalue weighted by atomic mass is 35.5. The van der Waals surface area contributed by atoms with Crippen molar-refractivity contribution in [2.24, 2.45) is 0 Å². The van der Waals surface area contributed by atoms with Crippen molar-refractivity contribution < 1.29 is 4.92 Å². The van der Waals surface area contributed by atoms with Crippen molar-refractivity contribution in [3.05, 3.63) is 27.4 Å². The lowest BCUT2D eigenvalue weighted by molar-refractivity contribution is -0.384. The maximum Gasteiger partial charge on any atom is 0.312 e. The van der Waals surface area contributed by atoms with Crippen LogP contribution in [0.25, 0.3) is 0 Å². The van der Waals surface area contributed by atoms with Crippen molar-refractivity contribution in [3.8, 4) is 0 Å². The number of nitrogens with one attached hydrogen (secondary N) is 1. The fourth-order valence-corrected chi connectivity index (χ4v) is 1.93. The van der Waals surface area contributed by atoms with Gasteiger partial charge in [0.2, 0.25) is 5.82 Å². The summed E-state index contributed by atoms with van der Waals surface area (Å²) < 4.78 is 0. The van der Waals surface area contributed by atoms with Gasteiger partial charge in [0.25, 0.3) is 0 Å². The van der Waals surface area contributed by atoms with Gasteiger partial charge in [0, 0.05) is 18.8 Å². The molecule has 5 nitrogen and oxygen atoms in total. The normalized spacial score (nSPS) is 10.2. The maximum absolute atomic E-state index is 10.8. The number of aromatic nitrogens is 1. The monoisotopic (exact) mass is 275 g/mol. The first-order chi connectivity index (χ1) is 8.15. The van der Waals surface area contributed by atoms with Gasteiger partial charge in [-0.05, 0) is 24.9 Å². The Bertz CT molecular complexity index is 390. The van der Waals surface area contributed by atoms with E-state index in [-0.39, 0.29) is 16.5 Å². The number of anilines is 1. The van der Waals surface area contributed by atoms with E-state index in [0.29, 0.717) is 6.54 Å². The molecule has 1 heterocycles. The lowest BCUT2D eigenvalue weighted by atomic mass is 10.3. The third kappa shape index (κ3) is 4.79. The summed E-state index contributed by atoms with van der Waals surface area (Å²) in [6, 6.07) is 1.30. The van der Waals surface area contributed by atoms with Crippen LogP contribution < -0.4 is 5.32 Å². The van der Waals surface area contributed by atoms with Crippen LogP contribution in [0.4, 0.5) is 11.5 Å². The van der Waals surface area contributed by atoms with Crippen molar-refractivity contribution in [3.63, 3.8) is 0 Å². The number of unbranched alkanes of at least 4 members (excludes halogenated alkanes) is 1. The van der Waals surface area contributed by atoms with E-state index in [9.17, 15) is 10.1 Å². The van der Waals surface area contributed by atoms with Gasteiger partial charge in [0.15, 0.2) is 0 Å². The van der Waals surface area contributed by atoms with Gasteiger partial charge in [-0.2, -0.15) is 11.8 Å². The Morgan fingerprint density at radius 1 is 1.59 bits per heavy atom. The molecule has 1 rings (SSSR count). The molecule has 0 saturated carbocycles. The summed E-state index contributed by atoms with van der Waals surface area (Å²) in [4.78, 5) is 14.2. The number of nitrogens with zero attached hydrogens (tertiary/aromatic N) is 2. The summed E-state index contributed by atoms with van der Waals surface area (Å²) in [5, 5.41) is 14.0. The molecule has 0 fully saturated rings. The number of hydrogen-bond acceptors (Lipinski definition) is 5. The van der Waals surface area contributed by atoms with Crippen molar-refractivity contribution in [2.45, 2.75) is 12.8 Å². The zero-order valence-electron chi connectivity index (χ0n) is 9.48. The SMILES string of the molecule is CSCCCCNc1ncc(Cl)cc1[N+](=O)[O-]. The van der Waals surface area contributed by atoms with Gasteiger partial charge in [-0.3, -0.25) is 10.1 Å². The first kappa shape index (κ1) is 14.1. The molecular weight excluding hydrogens is 262 g/mol. The minimum Gasteiger partial charge on any atom is -0.364 e. The lowest BCUT2D eigenvalue weighted by Gasteiger charge is -2.05. The molecule has 0 radical (unpaired) electrons. The van der Waals surface area contributed by atoms with Crippen molar-refractivity contribution in [1.82, 2.24) is 4.98 Å². The van der Waals surface area contributed by atoms with Gasteiger partial charge < -0.3 is 5.32 Å². The molecule has 17 heavy (non-hydrogen) atoms. The van der Waals surface area contributed by atoms with Crippen LogP contribution in [-0.4, -0.2) is 28.5 Å². The molecule has 7 heteroatoms. The molecule has 0 saturated heterocycles. The summed E-state index contributed by atoms with van der Waals surface area (Å²) in [5.74, 6) is 1.38. The van der Waals surface area contributed by atoms with Crippen LogP contribution >= 0.6 is 23.4 Å². The highest BCUT2D eigenvalue weighted by Gasteiger charge is 2.15. The van der Waals surface area contributed by atoms with Crippen LogP contribution in [-0.2, 0) is 0 Å². The van der Waals surface area contributed by atoms with Gasteiger partial charge in [0.05, 0.1) is 9.95 Å². The average molecular weight is 276 g/mol. The molecule has 0 atom stereocenters. The van der Waals surface area contributed by atoms with E-state index in [1.54, 1.807) is 11.8 Å². The molecule has 0 aliphatic carbocycles. The second kappa shape index (κ2) is 7.34. The molecule has 0 unspecified atom stereocenters. The summed E-state index contributed by atoms with van der Waals surface area (Å²) in [6.45, 7) is 0.677. The van der Waals surface area contributed by atoms with Gasteiger partial charge in [-0.1, -0.05) is 11.6 Å². The van der Waals surface area contributed by atoms with Crippen LogP contribution in [0.2, 0.25) is 5.02 Å². The highest BCUT2D eigenvalue weighted by molar-refractivity contribution is 7.98.